The second kappa shape index (κ2) is 7.40. The van der Waals surface area contributed by atoms with Crippen LogP contribution in [0.4, 0.5) is 10.3 Å². The van der Waals surface area contributed by atoms with Crippen LogP contribution >= 0.6 is 0 Å². The Hall–Kier alpha value is -2.93. The van der Waals surface area contributed by atoms with Gasteiger partial charge in [-0.2, -0.15) is 4.68 Å². The summed E-state index contributed by atoms with van der Waals surface area (Å²) in [7, 11) is 1.86. The first-order valence-corrected chi connectivity index (χ1v) is 10.4. The first kappa shape index (κ1) is 19.1. The second-order valence-corrected chi connectivity index (χ2v) is 8.31. The molecule has 2 aromatic rings. The number of allylic oxidation sites excluding steroid dienone is 3. The van der Waals surface area contributed by atoms with Crippen LogP contribution in [0.25, 0.3) is 0 Å². The summed E-state index contributed by atoms with van der Waals surface area (Å²) in [4.78, 5) is 17.3. The molecule has 0 bridgehead atoms. The Morgan fingerprint density at radius 2 is 2.10 bits per heavy atom. The van der Waals surface area contributed by atoms with E-state index in [1.807, 2.05) is 42.4 Å². The molecular formula is C23H25FN4O2. The van der Waals surface area contributed by atoms with Crippen molar-refractivity contribution in [2.24, 2.45) is 5.41 Å². The lowest BCUT2D eigenvalue weighted by molar-refractivity contribution is 0.0877. The molecule has 5 rings (SSSR count). The molecule has 0 spiro atoms. The number of ether oxygens (including phenoxy) is 1. The number of nitrogens with zero attached hydrogens (tertiary/aromatic N) is 3. The molecule has 0 saturated heterocycles. The Morgan fingerprint density at radius 3 is 2.83 bits per heavy atom. The molecule has 1 aromatic heterocycles. The minimum absolute atomic E-state index is 0.0461. The first-order chi connectivity index (χ1) is 14.6. The normalized spacial score (nSPS) is 21.5. The van der Waals surface area contributed by atoms with Crippen molar-refractivity contribution < 1.29 is 9.13 Å². The Balaban J connectivity index is 1.28. The van der Waals surface area contributed by atoms with Crippen LogP contribution in [0.2, 0.25) is 0 Å². The van der Waals surface area contributed by atoms with Crippen molar-refractivity contribution in [2.45, 2.75) is 38.5 Å². The van der Waals surface area contributed by atoms with E-state index in [4.69, 9.17) is 4.74 Å². The summed E-state index contributed by atoms with van der Waals surface area (Å²) in [6, 6.07) is 11.5. The summed E-state index contributed by atoms with van der Waals surface area (Å²) in [6.45, 7) is 0.772. The number of nitrogens with one attached hydrogen (secondary N) is 1. The maximum absolute atomic E-state index is 13.7. The van der Waals surface area contributed by atoms with E-state index in [-0.39, 0.29) is 29.6 Å². The van der Waals surface area contributed by atoms with Crippen LogP contribution in [0.1, 0.15) is 43.1 Å². The molecule has 0 amide bonds. The van der Waals surface area contributed by atoms with Gasteiger partial charge in [0.25, 0.3) is 5.56 Å². The predicted molar refractivity (Wildman–Crippen MR) is 113 cm³/mol. The zero-order chi connectivity index (χ0) is 20.7. The quantitative estimate of drug-likeness (QED) is 0.788. The number of hydrogen-bond acceptors (Lipinski definition) is 5. The largest absolute Gasteiger partial charge is 0.374 e. The van der Waals surface area contributed by atoms with Crippen molar-refractivity contribution in [1.29, 1.82) is 0 Å². The highest BCUT2D eigenvalue weighted by Crippen LogP contribution is 2.53. The first-order valence-electron chi connectivity index (χ1n) is 10.4. The fourth-order valence-electron chi connectivity index (χ4n) is 4.31. The van der Waals surface area contributed by atoms with Crippen molar-refractivity contribution in [3.05, 3.63) is 81.6 Å². The Labute approximate surface area is 174 Å². The number of fused-ring (bicyclic) bond motifs is 1. The highest BCUT2D eigenvalue weighted by molar-refractivity contribution is 5.42. The molecule has 1 aliphatic heterocycles. The van der Waals surface area contributed by atoms with Crippen molar-refractivity contribution in [3.8, 4) is 0 Å². The summed E-state index contributed by atoms with van der Waals surface area (Å²) in [6.07, 6.45) is 6.91. The minimum atomic E-state index is -0.155. The Morgan fingerprint density at radius 1 is 1.30 bits per heavy atom. The van der Waals surface area contributed by atoms with Gasteiger partial charge in [-0.3, -0.25) is 9.80 Å². The summed E-state index contributed by atoms with van der Waals surface area (Å²) in [5.74, 6) is 0.467. The van der Waals surface area contributed by atoms with Crippen LogP contribution in [0.3, 0.4) is 0 Å². The number of hydrogen-bond donors (Lipinski definition) is 1. The van der Waals surface area contributed by atoms with Crippen LogP contribution < -0.4 is 15.9 Å². The second-order valence-electron chi connectivity index (χ2n) is 8.31. The molecule has 1 unspecified atom stereocenters. The van der Waals surface area contributed by atoms with Crippen LogP contribution in [-0.4, -0.2) is 23.3 Å². The van der Waals surface area contributed by atoms with E-state index in [0.717, 1.165) is 30.4 Å². The lowest BCUT2D eigenvalue weighted by Crippen LogP contribution is -2.37. The Kier molecular flexibility index (Phi) is 4.70. The highest BCUT2D eigenvalue weighted by Gasteiger charge is 2.46. The zero-order valence-electron chi connectivity index (χ0n) is 17.0. The molecule has 1 aromatic carbocycles. The van der Waals surface area contributed by atoms with Crippen molar-refractivity contribution in [1.82, 2.24) is 9.66 Å². The maximum atomic E-state index is 13.7. The number of rotatable bonds is 6. The topological polar surface area (TPSA) is 59.4 Å². The van der Waals surface area contributed by atoms with Crippen LogP contribution in [-0.2, 0) is 11.3 Å². The standard InChI is InChI=1S/C23H25FN4O2/c1-27-21(16-6-3-2-4-7-16)26-22-25-19(13-20(29)28(22)27)14-30-15-23(10-11-23)17-8-5-9-18(24)12-17/h2-4,6-8,12-13,21H,5,9-11,14-15H2,1H3,(H,25,26). The van der Waals surface area contributed by atoms with Gasteiger partial charge in [-0.25, -0.2) is 9.37 Å². The highest BCUT2D eigenvalue weighted by atomic mass is 19.1. The molecule has 6 nitrogen and oxygen atoms in total. The SMILES string of the molecule is CN1C(c2ccccc2)Nc2nc(COCC3(C4=CCCC(F)=C4)CC3)cc(=O)n21. The van der Waals surface area contributed by atoms with Gasteiger partial charge in [-0.15, -0.1) is 0 Å². The molecule has 2 aliphatic carbocycles. The van der Waals surface area contributed by atoms with E-state index in [9.17, 15) is 9.18 Å². The maximum Gasteiger partial charge on any atom is 0.274 e. The van der Waals surface area contributed by atoms with Crippen LogP contribution in [0.5, 0.6) is 0 Å². The number of halogens is 1. The molecule has 1 N–H and O–H groups in total. The van der Waals surface area contributed by atoms with E-state index in [1.54, 1.807) is 10.8 Å². The van der Waals surface area contributed by atoms with E-state index in [1.165, 1.54) is 6.07 Å². The van der Waals surface area contributed by atoms with Gasteiger partial charge in [-0.05, 0) is 36.5 Å². The monoisotopic (exact) mass is 408 g/mol. The van der Waals surface area contributed by atoms with Crippen molar-refractivity contribution in [3.63, 3.8) is 0 Å². The molecule has 0 radical (unpaired) electrons. The van der Waals surface area contributed by atoms with Crippen molar-refractivity contribution >= 4 is 5.95 Å². The molecule has 2 heterocycles. The van der Waals surface area contributed by atoms with Gasteiger partial charge in [0.15, 0.2) is 0 Å². The van der Waals surface area contributed by atoms with Crippen LogP contribution in [0.15, 0.2) is 64.7 Å². The molecule has 7 heteroatoms. The fraction of sp³-hybridized carbons (Fsp3) is 0.391. The molecule has 1 atom stereocenters. The molecule has 1 fully saturated rings. The lowest BCUT2D eigenvalue weighted by atomic mass is 9.91. The summed E-state index contributed by atoms with van der Waals surface area (Å²) in [5.41, 5.74) is 2.49. The summed E-state index contributed by atoms with van der Waals surface area (Å²) < 4.78 is 21.1. The summed E-state index contributed by atoms with van der Waals surface area (Å²) in [5, 5.41) is 5.17. The third kappa shape index (κ3) is 3.43. The van der Waals surface area contributed by atoms with E-state index < -0.39 is 0 Å². The molecular weight excluding hydrogens is 383 g/mol. The lowest BCUT2D eigenvalue weighted by Gasteiger charge is -2.22. The van der Waals surface area contributed by atoms with Crippen molar-refractivity contribution in [2.75, 3.05) is 24.0 Å². The Bertz CT molecular complexity index is 1070. The van der Waals surface area contributed by atoms with Gasteiger partial charge in [0.2, 0.25) is 5.95 Å². The van der Waals surface area contributed by atoms with Crippen LogP contribution in [0, 0.1) is 5.41 Å². The van der Waals surface area contributed by atoms with E-state index in [2.05, 4.69) is 16.4 Å². The third-order valence-electron chi connectivity index (χ3n) is 6.17. The average Bonchev–Trinajstić information content (AvgIpc) is 3.45. The molecule has 30 heavy (non-hydrogen) atoms. The fourth-order valence-corrected chi connectivity index (χ4v) is 4.31. The van der Waals surface area contributed by atoms with Gasteiger partial charge in [0.1, 0.15) is 12.0 Å². The molecule has 156 valence electrons. The van der Waals surface area contributed by atoms with Gasteiger partial charge in [0.05, 0.1) is 18.9 Å². The van der Waals surface area contributed by atoms with Gasteiger partial charge in [0, 0.05) is 24.9 Å². The van der Waals surface area contributed by atoms with Gasteiger partial charge < -0.3 is 10.1 Å². The molecule has 3 aliphatic rings. The summed E-state index contributed by atoms with van der Waals surface area (Å²) >= 11 is 0. The molecule has 1 saturated carbocycles. The number of anilines is 1. The third-order valence-corrected chi connectivity index (χ3v) is 6.17. The minimum Gasteiger partial charge on any atom is -0.374 e. The number of benzene rings is 1. The smallest absolute Gasteiger partial charge is 0.274 e. The van der Waals surface area contributed by atoms with E-state index >= 15 is 0 Å². The zero-order valence-corrected chi connectivity index (χ0v) is 17.0. The van der Waals surface area contributed by atoms with Gasteiger partial charge >= 0.3 is 0 Å². The predicted octanol–water partition coefficient (Wildman–Crippen LogP) is 3.81. The average molecular weight is 408 g/mol. The number of aromatic nitrogens is 2. The van der Waals surface area contributed by atoms with Gasteiger partial charge in [-0.1, -0.05) is 36.4 Å². The van der Waals surface area contributed by atoms with E-state index in [0.29, 0.717) is 24.7 Å².